The fraction of sp³-hybridized carbons (Fsp3) is 0.705. The van der Waals surface area contributed by atoms with E-state index in [-0.39, 0.29) is 24.9 Å². The van der Waals surface area contributed by atoms with Gasteiger partial charge in [0.15, 0.2) is 0 Å². The van der Waals surface area contributed by atoms with Crippen molar-refractivity contribution in [2.45, 2.75) is 270 Å². The fourth-order valence-electron chi connectivity index (χ4n) is 8.01. The standard InChI is InChI=1S/C61H105NO5/c1-4-7-10-13-16-19-22-25-28-30-32-35-38-41-44-47-50-53-59(64)58(56-63)62-60(65)55-57(52-49-46-43-40-37-34-27-24-21-18-15-12-9-6-3)67-61(66)54-51-48-45-42-39-36-33-31-29-26-23-20-17-14-11-8-5-2/h8-9,11-12,17-18,20-21,26-27,29,33-34,36,42,45,57-59,63-64H,4-7,10,13-16,19,22-25,28,30-32,35,37-41,43-44,46-56H2,1-3H3,(H,62,65)/b11-8-,12-9+,20-17-,21-18+,29-26-,34-27+,36-33-,45-42-. The molecule has 0 aliphatic rings. The highest BCUT2D eigenvalue weighted by atomic mass is 16.5. The van der Waals surface area contributed by atoms with Crippen molar-refractivity contribution in [2.24, 2.45) is 0 Å². The molecule has 3 N–H and O–H groups in total. The number of carbonyl (C=O) groups excluding carboxylic acids is 2. The molecule has 0 heterocycles. The van der Waals surface area contributed by atoms with Gasteiger partial charge < -0.3 is 20.3 Å². The summed E-state index contributed by atoms with van der Waals surface area (Å²) < 4.78 is 5.91. The van der Waals surface area contributed by atoms with Crippen LogP contribution in [0.2, 0.25) is 0 Å². The van der Waals surface area contributed by atoms with Gasteiger partial charge in [0.2, 0.25) is 5.91 Å². The maximum absolute atomic E-state index is 13.3. The average molecular weight is 933 g/mol. The van der Waals surface area contributed by atoms with Gasteiger partial charge in [-0.05, 0) is 96.3 Å². The first-order valence-electron chi connectivity index (χ1n) is 28.0. The number of ether oxygens (including phenoxy) is 1. The molecule has 3 unspecified atom stereocenters. The molecule has 0 aromatic rings. The van der Waals surface area contributed by atoms with E-state index in [0.29, 0.717) is 25.7 Å². The van der Waals surface area contributed by atoms with Crippen LogP contribution in [0.25, 0.3) is 0 Å². The monoisotopic (exact) mass is 932 g/mol. The third kappa shape index (κ3) is 49.0. The molecular weight excluding hydrogens is 827 g/mol. The van der Waals surface area contributed by atoms with Gasteiger partial charge in [0.05, 0.1) is 25.2 Å². The van der Waals surface area contributed by atoms with Crippen LogP contribution < -0.4 is 5.32 Å². The number of aliphatic hydroxyl groups excluding tert-OH is 2. The molecule has 0 saturated heterocycles. The van der Waals surface area contributed by atoms with Gasteiger partial charge in [0.25, 0.3) is 0 Å². The molecule has 0 radical (unpaired) electrons. The SMILES string of the molecule is CC/C=C\C/C=C\C/C=C\C/C=C\C/C=C\CCCC(=O)OC(CCCCCC/C=C/C/C=C/C/C=C/CC)CC(=O)NC(CO)C(O)CCCCCCCCCCCCCCCCCCC. The van der Waals surface area contributed by atoms with Crippen LogP contribution in [0.15, 0.2) is 97.2 Å². The predicted octanol–water partition coefficient (Wildman–Crippen LogP) is 17.3. The lowest BCUT2D eigenvalue weighted by atomic mass is 10.0. The second kappa shape index (κ2) is 53.7. The van der Waals surface area contributed by atoms with E-state index in [0.717, 1.165) is 109 Å². The van der Waals surface area contributed by atoms with Crippen LogP contribution in [0.4, 0.5) is 0 Å². The third-order valence-corrected chi connectivity index (χ3v) is 12.2. The number of amides is 1. The second-order valence-electron chi connectivity index (χ2n) is 18.6. The van der Waals surface area contributed by atoms with Crippen molar-refractivity contribution in [2.75, 3.05) is 6.61 Å². The van der Waals surface area contributed by atoms with Gasteiger partial charge >= 0.3 is 5.97 Å². The summed E-state index contributed by atoms with van der Waals surface area (Å²) in [5, 5.41) is 23.9. The number of rotatable bonds is 49. The minimum absolute atomic E-state index is 0.0351. The molecular formula is C61H105NO5. The summed E-state index contributed by atoms with van der Waals surface area (Å²) in [6.45, 7) is 6.25. The summed E-state index contributed by atoms with van der Waals surface area (Å²) in [7, 11) is 0. The van der Waals surface area contributed by atoms with Gasteiger partial charge in [-0.15, -0.1) is 0 Å². The Morgan fingerprint density at radius 2 is 0.806 bits per heavy atom. The molecule has 0 saturated carbocycles. The Hall–Kier alpha value is -3.22. The smallest absolute Gasteiger partial charge is 0.306 e. The molecule has 6 nitrogen and oxygen atoms in total. The Morgan fingerprint density at radius 1 is 0.448 bits per heavy atom. The van der Waals surface area contributed by atoms with Gasteiger partial charge in [-0.25, -0.2) is 0 Å². The molecule has 1 amide bonds. The van der Waals surface area contributed by atoms with E-state index in [1.807, 2.05) is 0 Å². The van der Waals surface area contributed by atoms with Crippen molar-refractivity contribution in [3.8, 4) is 0 Å². The molecule has 0 spiro atoms. The average Bonchev–Trinajstić information content (AvgIpc) is 3.32. The summed E-state index contributed by atoms with van der Waals surface area (Å²) >= 11 is 0. The Morgan fingerprint density at radius 3 is 1.22 bits per heavy atom. The number of hydrogen-bond acceptors (Lipinski definition) is 5. The van der Waals surface area contributed by atoms with E-state index in [9.17, 15) is 19.8 Å². The Kier molecular flexibility index (Phi) is 51.1. The number of aliphatic hydroxyl groups is 2. The normalized spacial score (nSPS) is 13.9. The number of hydrogen-bond donors (Lipinski definition) is 3. The summed E-state index contributed by atoms with van der Waals surface area (Å²) in [6, 6.07) is -0.727. The minimum atomic E-state index is -0.810. The molecule has 0 aliphatic heterocycles. The maximum atomic E-state index is 13.3. The molecule has 67 heavy (non-hydrogen) atoms. The van der Waals surface area contributed by atoms with E-state index in [1.54, 1.807) is 0 Å². The van der Waals surface area contributed by atoms with E-state index in [2.05, 4.69) is 123 Å². The Labute approximate surface area is 414 Å². The summed E-state index contributed by atoms with van der Waals surface area (Å²) in [5.41, 5.74) is 0. The van der Waals surface area contributed by atoms with Gasteiger partial charge in [-0.3, -0.25) is 9.59 Å². The fourth-order valence-corrected chi connectivity index (χ4v) is 8.01. The van der Waals surface area contributed by atoms with E-state index in [1.165, 1.54) is 89.9 Å². The minimum Gasteiger partial charge on any atom is -0.462 e. The largest absolute Gasteiger partial charge is 0.462 e. The van der Waals surface area contributed by atoms with Crippen LogP contribution in [0, 0.1) is 0 Å². The highest BCUT2D eigenvalue weighted by molar-refractivity contribution is 5.77. The van der Waals surface area contributed by atoms with Crippen LogP contribution in [-0.4, -0.2) is 46.9 Å². The third-order valence-electron chi connectivity index (χ3n) is 12.2. The van der Waals surface area contributed by atoms with Crippen molar-refractivity contribution in [1.29, 1.82) is 0 Å². The van der Waals surface area contributed by atoms with Crippen molar-refractivity contribution in [3.63, 3.8) is 0 Å². The lowest BCUT2D eigenvalue weighted by Gasteiger charge is -2.24. The van der Waals surface area contributed by atoms with Crippen LogP contribution in [0.1, 0.15) is 252 Å². The van der Waals surface area contributed by atoms with E-state index >= 15 is 0 Å². The number of unbranched alkanes of at least 4 members (excludes halogenated alkanes) is 21. The summed E-state index contributed by atoms with van der Waals surface area (Å²) in [5.74, 6) is -0.569. The Bertz CT molecular complexity index is 1320. The zero-order valence-corrected chi connectivity index (χ0v) is 43.8. The lowest BCUT2D eigenvalue weighted by Crippen LogP contribution is -2.46. The molecule has 384 valence electrons. The molecule has 0 rings (SSSR count). The highest BCUT2D eigenvalue weighted by Crippen LogP contribution is 2.17. The first kappa shape index (κ1) is 63.8. The first-order chi connectivity index (χ1) is 33.0. The van der Waals surface area contributed by atoms with Crippen molar-refractivity contribution in [1.82, 2.24) is 5.32 Å². The molecule has 0 aliphatic carbocycles. The molecule has 6 heteroatoms. The molecule has 0 bridgehead atoms. The van der Waals surface area contributed by atoms with Crippen molar-refractivity contribution in [3.05, 3.63) is 97.2 Å². The molecule has 0 aromatic heterocycles. The molecule has 0 fully saturated rings. The van der Waals surface area contributed by atoms with Crippen LogP contribution in [0.5, 0.6) is 0 Å². The van der Waals surface area contributed by atoms with Crippen LogP contribution >= 0.6 is 0 Å². The zero-order chi connectivity index (χ0) is 48.8. The number of esters is 1. The number of carbonyl (C=O) groups is 2. The van der Waals surface area contributed by atoms with Gasteiger partial charge in [0.1, 0.15) is 6.10 Å². The van der Waals surface area contributed by atoms with Crippen molar-refractivity contribution >= 4 is 11.9 Å². The Balaban J connectivity index is 4.66. The lowest BCUT2D eigenvalue weighted by molar-refractivity contribution is -0.151. The van der Waals surface area contributed by atoms with E-state index in [4.69, 9.17) is 4.74 Å². The topological polar surface area (TPSA) is 95.9 Å². The predicted molar refractivity (Wildman–Crippen MR) is 291 cm³/mol. The first-order valence-corrected chi connectivity index (χ1v) is 28.0. The van der Waals surface area contributed by atoms with Gasteiger partial charge in [0, 0.05) is 6.42 Å². The molecule has 0 aromatic carbocycles. The highest BCUT2D eigenvalue weighted by Gasteiger charge is 2.24. The van der Waals surface area contributed by atoms with Crippen LogP contribution in [0.3, 0.4) is 0 Å². The van der Waals surface area contributed by atoms with E-state index < -0.39 is 18.2 Å². The van der Waals surface area contributed by atoms with Gasteiger partial charge in [-0.2, -0.15) is 0 Å². The van der Waals surface area contributed by atoms with Crippen LogP contribution in [-0.2, 0) is 14.3 Å². The summed E-state index contributed by atoms with van der Waals surface area (Å²) in [6.07, 6.45) is 71.9. The van der Waals surface area contributed by atoms with Crippen molar-refractivity contribution < 1.29 is 24.5 Å². The maximum Gasteiger partial charge on any atom is 0.306 e. The second-order valence-corrected chi connectivity index (χ2v) is 18.6. The summed E-state index contributed by atoms with van der Waals surface area (Å²) in [4.78, 5) is 26.2. The number of allylic oxidation sites excluding steroid dienone is 16. The quantitative estimate of drug-likeness (QED) is 0.0321. The number of nitrogens with one attached hydrogen (secondary N) is 1. The molecule has 3 atom stereocenters. The zero-order valence-electron chi connectivity index (χ0n) is 43.8. The van der Waals surface area contributed by atoms with Gasteiger partial charge in [-0.1, -0.05) is 240 Å².